The quantitative estimate of drug-likeness (QED) is 0.829. The van der Waals surface area contributed by atoms with Crippen LogP contribution in [0, 0.1) is 0 Å². The van der Waals surface area contributed by atoms with Gasteiger partial charge in [-0.05, 0) is 44.5 Å². The minimum atomic E-state index is 0. The molecule has 1 amide bonds. The number of carbonyl (C=O) groups excluding carboxylic acids is 1. The van der Waals surface area contributed by atoms with Gasteiger partial charge in [-0.15, -0.1) is 12.4 Å². The van der Waals surface area contributed by atoms with E-state index in [4.69, 9.17) is 4.74 Å². The smallest absolute Gasteiger partial charge is 0.223 e. The van der Waals surface area contributed by atoms with Crippen molar-refractivity contribution in [2.24, 2.45) is 0 Å². The predicted octanol–water partition coefficient (Wildman–Crippen LogP) is 2.90. The van der Waals surface area contributed by atoms with Gasteiger partial charge >= 0.3 is 0 Å². The molecule has 0 spiro atoms. The minimum absolute atomic E-state index is 0. The molecule has 2 N–H and O–H groups in total. The van der Waals surface area contributed by atoms with E-state index in [9.17, 15) is 4.79 Å². The average Bonchev–Trinajstić information content (AvgIpc) is 2.41. The third kappa shape index (κ3) is 6.24. The van der Waals surface area contributed by atoms with Crippen LogP contribution in [0.15, 0.2) is 28.7 Å². The van der Waals surface area contributed by atoms with Gasteiger partial charge in [0.1, 0.15) is 5.75 Å². The maximum Gasteiger partial charge on any atom is 0.223 e. The lowest BCUT2D eigenvalue weighted by Crippen LogP contribution is -2.52. The standard InChI is InChI=1S/C15H21BrN2O2.ClH/c1-11-14(6-3-8-17-11)18-15(19)7-9-20-13-5-2-4-12(16)10-13;/h2,4-5,10-11,14,17H,3,6-9H2,1H3,(H,18,19);1H. The van der Waals surface area contributed by atoms with Crippen molar-refractivity contribution < 1.29 is 9.53 Å². The number of amides is 1. The van der Waals surface area contributed by atoms with Crippen LogP contribution in [0.3, 0.4) is 0 Å². The Balaban J connectivity index is 0.00000220. The zero-order valence-corrected chi connectivity index (χ0v) is 14.5. The summed E-state index contributed by atoms with van der Waals surface area (Å²) in [5, 5.41) is 6.45. The molecule has 0 bridgehead atoms. The number of nitrogens with one attached hydrogen (secondary N) is 2. The lowest BCUT2D eigenvalue weighted by atomic mass is 10.00. The average molecular weight is 378 g/mol. The number of hydrogen-bond donors (Lipinski definition) is 2. The number of benzene rings is 1. The van der Waals surface area contributed by atoms with Crippen LogP contribution in [0.2, 0.25) is 0 Å². The van der Waals surface area contributed by atoms with Gasteiger partial charge < -0.3 is 15.4 Å². The first kappa shape index (κ1) is 18.3. The second kappa shape index (κ2) is 9.28. The van der Waals surface area contributed by atoms with Crippen molar-refractivity contribution in [2.45, 2.75) is 38.3 Å². The molecule has 1 heterocycles. The minimum Gasteiger partial charge on any atom is -0.493 e. The molecule has 2 rings (SSSR count). The SMILES string of the molecule is CC1NCCCC1NC(=O)CCOc1cccc(Br)c1.Cl. The molecule has 0 aliphatic carbocycles. The zero-order chi connectivity index (χ0) is 14.4. The van der Waals surface area contributed by atoms with Crippen molar-refractivity contribution in [3.8, 4) is 5.75 Å². The fraction of sp³-hybridized carbons (Fsp3) is 0.533. The number of hydrogen-bond acceptors (Lipinski definition) is 3. The molecule has 1 fully saturated rings. The van der Waals surface area contributed by atoms with Crippen LogP contribution in [0.5, 0.6) is 5.75 Å². The van der Waals surface area contributed by atoms with E-state index in [-0.39, 0.29) is 24.4 Å². The first-order valence-electron chi connectivity index (χ1n) is 7.06. The number of piperidine rings is 1. The fourth-order valence-electron chi connectivity index (χ4n) is 2.34. The molecular weight excluding hydrogens is 356 g/mol. The molecule has 1 aliphatic rings. The van der Waals surface area contributed by atoms with Crippen molar-refractivity contribution in [3.63, 3.8) is 0 Å². The molecule has 1 aromatic rings. The third-order valence-corrected chi connectivity index (χ3v) is 4.00. The Morgan fingerprint density at radius 1 is 1.52 bits per heavy atom. The van der Waals surface area contributed by atoms with E-state index >= 15 is 0 Å². The maximum atomic E-state index is 11.9. The van der Waals surface area contributed by atoms with Crippen molar-refractivity contribution in [2.75, 3.05) is 13.2 Å². The normalized spacial score (nSPS) is 21.2. The molecule has 0 saturated carbocycles. The first-order chi connectivity index (χ1) is 9.65. The molecule has 2 atom stereocenters. The first-order valence-corrected chi connectivity index (χ1v) is 7.85. The molecule has 21 heavy (non-hydrogen) atoms. The third-order valence-electron chi connectivity index (χ3n) is 3.50. The van der Waals surface area contributed by atoms with Gasteiger partial charge in [0.05, 0.1) is 13.0 Å². The van der Waals surface area contributed by atoms with Crippen molar-refractivity contribution >= 4 is 34.2 Å². The highest BCUT2D eigenvalue weighted by molar-refractivity contribution is 9.10. The van der Waals surface area contributed by atoms with E-state index in [0.717, 1.165) is 29.6 Å². The van der Waals surface area contributed by atoms with Crippen LogP contribution in [-0.2, 0) is 4.79 Å². The number of halogens is 2. The van der Waals surface area contributed by atoms with Gasteiger partial charge in [0.2, 0.25) is 5.91 Å². The second-order valence-electron chi connectivity index (χ2n) is 5.11. The molecule has 4 nitrogen and oxygen atoms in total. The van der Waals surface area contributed by atoms with Crippen LogP contribution in [-0.4, -0.2) is 31.1 Å². The van der Waals surface area contributed by atoms with Crippen LogP contribution >= 0.6 is 28.3 Å². The van der Waals surface area contributed by atoms with Crippen molar-refractivity contribution in [1.82, 2.24) is 10.6 Å². The molecule has 118 valence electrons. The van der Waals surface area contributed by atoms with Gasteiger partial charge in [-0.1, -0.05) is 22.0 Å². The van der Waals surface area contributed by atoms with E-state index in [1.54, 1.807) is 0 Å². The molecule has 0 radical (unpaired) electrons. The van der Waals surface area contributed by atoms with Crippen molar-refractivity contribution in [1.29, 1.82) is 0 Å². The Hall–Kier alpha value is -0.780. The van der Waals surface area contributed by atoms with Gasteiger partial charge in [0.15, 0.2) is 0 Å². The van der Waals surface area contributed by atoms with Gasteiger partial charge in [-0.2, -0.15) is 0 Å². The summed E-state index contributed by atoms with van der Waals surface area (Å²) in [7, 11) is 0. The molecule has 2 unspecified atom stereocenters. The van der Waals surface area contributed by atoms with Crippen LogP contribution in [0.4, 0.5) is 0 Å². The summed E-state index contributed by atoms with van der Waals surface area (Å²) in [5.41, 5.74) is 0. The monoisotopic (exact) mass is 376 g/mol. The van der Waals surface area contributed by atoms with E-state index in [2.05, 4.69) is 33.5 Å². The Labute approximate surface area is 140 Å². The molecule has 0 aromatic heterocycles. The molecular formula is C15H22BrClN2O2. The fourth-order valence-corrected chi connectivity index (χ4v) is 2.72. The molecule has 1 aliphatic heterocycles. The summed E-state index contributed by atoms with van der Waals surface area (Å²) >= 11 is 3.39. The zero-order valence-electron chi connectivity index (χ0n) is 12.1. The Kier molecular flexibility index (Phi) is 8.07. The van der Waals surface area contributed by atoms with Crippen LogP contribution < -0.4 is 15.4 Å². The Morgan fingerprint density at radius 3 is 3.05 bits per heavy atom. The summed E-state index contributed by atoms with van der Waals surface area (Å²) in [6, 6.07) is 8.22. The van der Waals surface area contributed by atoms with Gasteiger partial charge in [0, 0.05) is 16.6 Å². The van der Waals surface area contributed by atoms with Gasteiger partial charge in [-0.3, -0.25) is 4.79 Å². The topological polar surface area (TPSA) is 50.4 Å². The summed E-state index contributed by atoms with van der Waals surface area (Å²) in [4.78, 5) is 11.9. The molecule has 1 aromatic carbocycles. The summed E-state index contributed by atoms with van der Waals surface area (Å²) in [6.45, 7) is 3.55. The highest BCUT2D eigenvalue weighted by Crippen LogP contribution is 2.17. The second-order valence-corrected chi connectivity index (χ2v) is 6.03. The Bertz CT molecular complexity index is 459. The van der Waals surface area contributed by atoms with E-state index in [1.165, 1.54) is 0 Å². The van der Waals surface area contributed by atoms with Crippen molar-refractivity contribution in [3.05, 3.63) is 28.7 Å². The lowest BCUT2D eigenvalue weighted by molar-refractivity contribution is -0.122. The van der Waals surface area contributed by atoms with Crippen LogP contribution in [0.25, 0.3) is 0 Å². The van der Waals surface area contributed by atoms with E-state index < -0.39 is 0 Å². The van der Waals surface area contributed by atoms with Crippen LogP contribution in [0.1, 0.15) is 26.2 Å². The maximum absolute atomic E-state index is 11.9. The van der Waals surface area contributed by atoms with Gasteiger partial charge in [0.25, 0.3) is 0 Å². The largest absolute Gasteiger partial charge is 0.493 e. The highest BCUT2D eigenvalue weighted by Gasteiger charge is 2.21. The summed E-state index contributed by atoms with van der Waals surface area (Å²) in [5.74, 6) is 0.834. The predicted molar refractivity (Wildman–Crippen MR) is 90.1 cm³/mol. The summed E-state index contributed by atoms with van der Waals surface area (Å²) in [6.07, 6.45) is 2.55. The number of rotatable bonds is 5. The summed E-state index contributed by atoms with van der Waals surface area (Å²) < 4.78 is 6.54. The van der Waals surface area contributed by atoms with Gasteiger partial charge in [-0.25, -0.2) is 0 Å². The lowest BCUT2D eigenvalue weighted by Gasteiger charge is -2.30. The molecule has 1 saturated heterocycles. The van der Waals surface area contributed by atoms with E-state index in [0.29, 0.717) is 19.1 Å². The highest BCUT2D eigenvalue weighted by atomic mass is 79.9. The Morgan fingerprint density at radius 2 is 2.33 bits per heavy atom. The number of carbonyl (C=O) groups is 1. The van der Waals surface area contributed by atoms with E-state index in [1.807, 2.05) is 24.3 Å². The number of ether oxygens (including phenoxy) is 1. The molecule has 6 heteroatoms.